The summed E-state index contributed by atoms with van der Waals surface area (Å²) in [6, 6.07) is 5.37. The van der Waals surface area contributed by atoms with E-state index in [-0.39, 0.29) is 5.69 Å². The highest BCUT2D eigenvalue weighted by Gasteiger charge is 2.30. The average molecular weight is 288 g/mol. The van der Waals surface area contributed by atoms with E-state index in [1.807, 2.05) is 0 Å². The number of halogens is 2. The second-order valence-electron chi connectivity index (χ2n) is 4.54. The largest absolute Gasteiger partial charge is 0.458 e. The second-order valence-corrected chi connectivity index (χ2v) is 4.54. The molecule has 0 atom stereocenters. The van der Waals surface area contributed by atoms with Gasteiger partial charge in [-0.2, -0.15) is 0 Å². The van der Waals surface area contributed by atoms with Gasteiger partial charge in [0.1, 0.15) is 5.54 Å². The van der Waals surface area contributed by atoms with Gasteiger partial charge in [0.2, 0.25) is 0 Å². The number of non-ortho nitro benzene ring substituents is 1. The van der Waals surface area contributed by atoms with E-state index in [0.717, 1.165) is 0 Å². The lowest BCUT2D eigenvalue weighted by Crippen LogP contribution is -2.42. The van der Waals surface area contributed by atoms with E-state index in [0.29, 0.717) is 5.69 Å². The third-order valence-corrected chi connectivity index (χ3v) is 2.39. The second kappa shape index (κ2) is 6.27. The van der Waals surface area contributed by atoms with E-state index < -0.39 is 29.5 Å². The average Bonchev–Trinajstić information content (AvgIpc) is 2.35. The van der Waals surface area contributed by atoms with Gasteiger partial charge in [-0.15, -0.1) is 0 Å². The molecule has 0 bridgehead atoms. The van der Waals surface area contributed by atoms with E-state index in [9.17, 15) is 23.7 Å². The van der Waals surface area contributed by atoms with Crippen LogP contribution < -0.4 is 5.32 Å². The maximum atomic E-state index is 12.0. The smallest absolute Gasteiger partial charge is 0.331 e. The van der Waals surface area contributed by atoms with Gasteiger partial charge in [0.05, 0.1) is 4.92 Å². The summed E-state index contributed by atoms with van der Waals surface area (Å²) in [7, 11) is 0. The number of anilines is 1. The third-order valence-electron chi connectivity index (χ3n) is 2.39. The number of alkyl halides is 2. The van der Waals surface area contributed by atoms with Gasteiger partial charge in [-0.25, -0.2) is 13.6 Å². The minimum Gasteiger partial charge on any atom is -0.458 e. The molecule has 110 valence electrons. The van der Waals surface area contributed by atoms with Gasteiger partial charge in [0.15, 0.2) is 6.61 Å². The lowest BCUT2D eigenvalue weighted by atomic mass is 10.1. The van der Waals surface area contributed by atoms with Crippen LogP contribution in [0.3, 0.4) is 0 Å². The van der Waals surface area contributed by atoms with Crippen LogP contribution in [0.4, 0.5) is 20.2 Å². The fourth-order valence-corrected chi connectivity index (χ4v) is 1.40. The van der Waals surface area contributed by atoms with Crippen molar-refractivity contribution in [2.45, 2.75) is 25.8 Å². The number of nitrogens with zero attached hydrogens (tertiary/aromatic N) is 1. The zero-order chi connectivity index (χ0) is 15.3. The molecule has 0 amide bonds. The number of nitrogens with one attached hydrogen (secondary N) is 1. The first kappa shape index (κ1) is 15.8. The molecule has 6 nitrogen and oxygen atoms in total. The Morgan fingerprint density at radius 1 is 1.40 bits per heavy atom. The number of hydrogen-bond acceptors (Lipinski definition) is 5. The molecule has 1 N–H and O–H groups in total. The van der Waals surface area contributed by atoms with Crippen LogP contribution in [-0.2, 0) is 9.53 Å². The van der Waals surface area contributed by atoms with E-state index >= 15 is 0 Å². The molecule has 0 saturated heterocycles. The maximum absolute atomic E-state index is 12.0. The Labute approximate surface area is 113 Å². The van der Waals surface area contributed by atoms with Gasteiger partial charge >= 0.3 is 5.97 Å². The van der Waals surface area contributed by atoms with Crippen LogP contribution in [0.25, 0.3) is 0 Å². The minimum absolute atomic E-state index is 0.0892. The van der Waals surface area contributed by atoms with E-state index in [4.69, 9.17) is 0 Å². The summed E-state index contributed by atoms with van der Waals surface area (Å²) < 4.78 is 28.4. The molecule has 1 aromatic carbocycles. The Balaban J connectivity index is 2.69. The number of esters is 1. The predicted octanol–water partition coefficient (Wildman–Crippen LogP) is 2.59. The molecule has 0 aromatic heterocycles. The number of benzene rings is 1. The lowest BCUT2D eigenvalue weighted by Gasteiger charge is -2.25. The Hall–Kier alpha value is -2.25. The van der Waals surface area contributed by atoms with Gasteiger partial charge in [-0.1, -0.05) is 0 Å². The monoisotopic (exact) mass is 288 g/mol. The molecule has 0 saturated carbocycles. The van der Waals surface area contributed by atoms with Crippen molar-refractivity contribution in [3.05, 3.63) is 34.4 Å². The summed E-state index contributed by atoms with van der Waals surface area (Å²) in [5.41, 5.74) is -0.881. The lowest BCUT2D eigenvalue weighted by molar-refractivity contribution is -0.384. The van der Waals surface area contributed by atoms with Gasteiger partial charge < -0.3 is 10.1 Å². The van der Waals surface area contributed by atoms with Crippen molar-refractivity contribution < 1.29 is 23.2 Å². The van der Waals surface area contributed by atoms with Crippen LogP contribution in [0.1, 0.15) is 13.8 Å². The SMILES string of the molecule is CC(C)(Nc1ccc([N+](=O)[O-])cc1)C(=O)OCC(F)F. The molecule has 0 radical (unpaired) electrons. The molecule has 0 fully saturated rings. The summed E-state index contributed by atoms with van der Waals surface area (Å²) in [5.74, 6) is -0.837. The van der Waals surface area contributed by atoms with Crippen molar-refractivity contribution in [2.75, 3.05) is 11.9 Å². The highest BCUT2D eigenvalue weighted by atomic mass is 19.3. The normalized spacial score (nSPS) is 11.2. The number of rotatable bonds is 6. The number of nitro benzene ring substituents is 1. The Bertz CT molecular complexity index is 489. The Morgan fingerprint density at radius 2 is 1.95 bits per heavy atom. The Morgan fingerprint density at radius 3 is 2.40 bits per heavy atom. The van der Waals surface area contributed by atoms with Gasteiger partial charge in [0, 0.05) is 17.8 Å². The summed E-state index contributed by atoms with van der Waals surface area (Å²) >= 11 is 0. The van der Waals surface area contributed by atoms with Crippen LogP contribution in [0.15, 0.2) is 24.3 Å². The number of hydrogen-bond donors (Lipinski definition) is 1. The molecule has 0 spiro atoms. The summed E-state index contributed by atoms with van der Waals surface area (Å²) in [4.78, 5) is 21.6. The summed E-state index contributed by atoms with van der Waals surface area (Å²) in [6.45, 7) is 1.95. The van der Waals surface area contributed by atoms with Crippen LogP contribution in [0.5, 0.6) is 0 Å². The van der Waals surface area contributed by atoms with Crippen molar-refractivity contribution >= 4 is 17.3 Å². The van der Waals surface area contributed by atoms with Crippen LogP contribution in [-0.4, -0.2) is 29.5 Å². The number of carbonyl (C=O) groups is 1. The summed E-state index contributed by atoms with van der Waals surface area (Å²) in [5, 5.41) is 13.3. The van der Waals surface area contributed by atoms with Crippen LogP contribution in [0, 0.1) is 10.1 Å². The Kier molecular flexibility index (Phi) is 4.95. The zero-order valence-corrected chi connectivity index (χ0v) is 10.9. The molecule has 0 heterocycles. The molecule has 0 aliphatic carbocycles. The van der Waals surface area contributed by atoms with Crippen molar-refractivity contribution in [2.24, 2.45) is 0 Å². The molecule has 1 rings (SSSR count). The highest BCUT2D eigenvalue weighted by molar-refractivity contribution is 5.83. The molecule has 0 aliphatic heterocycles. The molecular weight excluding hydrogens is 274 g/mol. The van der Waals surface area contributed by atoms with Crippen LogP contribution >= 0.6 is 0 Å². The molecule has 8 heteroatoms. The first-order valence-corrected chi connectivity index (χ1v) is 5.70. The zero-order valence-electron chi connectivity index (χ0n) is 10.9. The topological polar surface area (TPSA) is 81.5 Å². The standard InChI is InChI=1S/C12H14F2N2O4/c1-12(2,11(17)20-7-10(13)14)15-8-3-5-9(6-4-8)16(18)19/h3-6,10,15H,7H2,1-2H3. The first-order chi connectivity index (χ1) is 9.22. The fraction of sp³-hybridized carbons (Fsp3) is 0.417. The molecule has 0 unspecified atom stereocenters. The van der Waals surface area contributed by atoms with Gasteiger partial charge in [0.25, 0.3) is 12.1 Å². The van der Waals surface area contributed by atoms with Crippen molar-refractivity contribution in [3.8, 4) is 0 Å². The quantitative estimate of drug-likeness (QED) is 0.494. The number of ether oxygens (including phenoxy) is 1. The van der Waals surface area contributed by atoms with Crippen molar-refractivity contribution in [1.82, 2.24) is 0 Å². The minimum atomic E-state index is -2.73. The van der Waals surface area contributed by atoms with E-state index in [1.54, 1.807) is 0 Å². The van der Waals surface area contributed by atoms with Crippen LogP contribution in [0.2, 0.25) is 0 Å². The maximum Gasteiger partial charge on any atom is 0.331 e. The molecule has 1 aromatic rings. The third kappa shape index (κ3) is 4.45. The van der Waals surface area contributed by atoms with E-state index in [1.165, 1.54) is 38.1 Å². The first-order valence-electron chi connectivity index (χ1n) is 5.70. The van der Waals surface area contributed by atoms with Crippen molar-refractivity contribution in [3.63, 3.8) is 0 Å². The summed E-state index contributed by atoms with van der Waals surface area (Å²) in [6.07, 6.45) is -2.73. The van der Waals surface area contributed by atoms with Gasteiger partial charge in [-0.3, -0.25) is 10.1 Å². The number of carbonyl (C=O) groups excluding carboxylic acids is 1. The van der Waals surface area contributed by atoms with E-state index in [2.05, 4.69) is 10.1 Å². The van der Waals surface area contributed by atoms with Crippen molar-refractivity contribution in [1.29, 1.82) is 0 Å². The van der Waals surface area contributed by atoms with Gasteiger partial charge in [-0.05, 0) is 26.0 Å². The number of nitro groups is 1. The molecule has 0 aliphatic rings. The molecule has 20 heavy (non-hydrogen) atoms. The molecular formula is C12H14F2N2O4. The highest BCUT2D eigenvalue weighted by Crippen LogP contribution is 2.20. The fourth-order valence-electron chi connectivity index (χ4n) is 1.40. The predicted molar refractivity (Wildman–Crippen MR) is 67.8 cm³/mol.